The van der Waals surface area contributed by atoms with Crippen LogP contribution in [0.1, 0.15) is 22.8 Å². The number of carbonyl (C=O) groups excluding carboxylic acids is 1. The van der Waals surface area contributed by atoms with E-state index in [2.05, 4.69) is 20.6 Å². The lowest BCUT2D eigenvalue weighted by atomic mass is 10.2. The molecule has 0 aliphatic heterocycles. The Bertz CT molecular complexity index is 851. The second kappa shape index (κ2) is 8.62. The summed E-state index contributed by atoms with van der Waals surface area (Å²) >= 11 is 0. The van der Waals surface area contributed by atoms with Crippen molar-refractivity contribution in [1.82, 2.24) is 9.97 Å². The Balaban J connectivity index is 1.62. The predicted molar refractivity (Wildman–Crippen MR) is 101 cm³/mol. The molecule has 6 nitrogen and oxygen atoms in total. The Morgan fingerprint density at radius 3 is 2.54 bits per heavy atom. The van der Waals surface area contributed by atoms with Gasteiger partial charge in [0.2, 0.25) is 5.95 Å². The van der Waals surface area contributed by atoms with Gasteiger partial charge in [-0.25, -0.2) is 9.78 Å². The highest BCUT2D eigenvalue weighted by Crippen LogP contribution is 2.16. The van der Waals surface area contributed by atoms with Crippen molar-refractivity contribution in [3.63, 3.8) is 0 Å². The molecule has 0 unspecified atom stereocenters. The van der Waals surface area contributed by atoms with Crippen LogP contribution in [-0.4, -0.2) is 22.5 Å². The number of nitrogens with zero attached hydrogens (tertiary/aromatic N) is 2. The van der Waals surface area contributed by atoms with E-state index in [0.29, 0.717) is 30.5 Å². The van der Waals surface area contributed by atoms with Gasteiger partial charge in [0.15, 0.2) is 0 Å². The summed E-state index contributed by atoms with van der Waals surface area (Å²) in [5.41, 5.74) is 2.50. The van der Waals surface area contributed by atoms with E-state index >= 15 is 0 Å². The third-order valence-electron chi connectivity index (χ3n) is 3.62. The van der Waals surface area contributed by atoms with Gasteiger partial charge in [0, 0.05) is 18.4 Å². The maximum atomic E-state index is 11.7. The van der Waals surface area contributed by atoms with Crippen molar-refractivity contribution < 1.29 is 9.53 Å². The zero-order valence-electron chi connectivity index (χ0n) is 14.5. The maximum absolute atomic E-state index is 11.7. The first-order valence-corrected chi connectivity index (χ1v) is 8.39. The zero-order chi connectivity index (χ0) is 18.2. The molecule has 0 spiro atoms. The Kier molecular flexibility index (Phi) is 5.77. The summed E-state index contributed by atoms with van der Waals surface area (Å²) in [5, 5.41) is 6.40. The molecule has 2 aromatic carbocycles. The molecule has 0 fully saturated rings. The van der Waals surface area contributed by atoms with Crippen molar-refractivity contribution in [2.75, 3.05) is 17.2 Å². The Morgan fingerprint density at radius 1 is 1.04 bits per heavy atom. The lowest BCUT2D eigenvalue weighted by molar-refractivity contribution is 0.0526. The summed E-state index contributed by atoms with van der Waals surface area (Å²) in [6.07, 6.45) is 1.69. The van der Waals surface area contributed by atoms with Gasteiger partial charge in [0.25, 0.3) is 0 Å². The minimum atomic E-state index is -0.325. The third-order valence-corrected chi connectivity index (χ3v) is 3.62. The van der Waals surface area contributed by atoms with Crippen molar-refractivity contribution in [2.45, 2.75) is 13.5 Å². The largest absolute Gasteiger partial charge is 0.462 e. The molecule has 6 heteroatoms. The summed E-state index contributed by atoms with van der Waals surface area (Å²) in [7, 11) is 0. The molecule has 3 rings (SSSR count). The predicted octanol–water partition coefficient (Wildman–Crippen LogP) is 4.01. The molecule has 0 amide bonds. The molecule has 132 valence electrons. The van der Waals surface area contributed by atoms with E-state index in [1.807, 2.05) is 42.5 Å². The summed E-state index contributed by atoms with van der Waals surface area (Å²) < 4.78 is 4.98. The lowest BCUT2D eigenvalue weighted by Crippen LogP contribution is -2.05. The van der Waals surface area contributed by atoms with E-state index in [1.54, 1.807) is 31.3 Å². The van der Waals surface area contributed by atoms with Crippen LogP contribution in [0.3, 0.4) is 0 Å². The van der Waals surface area contributed by atoms with E-state index in [1.165, 1.54) is 0 Å². The minimum absolute atomic E-state index is 0.325. The smallest absolute Gasteiger partial charge is 0.338 e. The first kappa shape index (κ1) is 17.4. The first-order chi connectivity index (χ1) is 12.7. The van der Waals surface area contributed by atoms with Crippen LogP contribution in [0.5, 0.6) is 0 Å². The number of ether oxygens (including phenoxy) is 1. The van der Waals surface area contributed by atoms with Gasteiger partial charge in [-0.15, -0.1) is 0 Å². The second-order valence-corrected chi connectivity index (χ2v) is 5.53. The molecular weight excluding hydrogens is 328 g/mol. The van der Waals surface area contributed by atoms with Crippen LogP contribution in [0.15, 0.2) is 66.9 Å². The number of nitrogens with one attached hydrogen (secondary N) is 2. The van der Waals surface area contributed by atoms with E-state index in [9.17, 15) is 4.79 Å². The zero-order valence-corrected chi connectivity index (χ0v) is 14.5. The fourth-order valence-corrected chi connectivity index (χ4v) is 2.34. The van der Waals surface area contributed by atoms with Gasteiger partial charge >= 0.3 is 5.97 Å². The van der Waals surface area contributed by atoms with Crippen LogP contribution in [0.4, 0.5) is 17.5 Å². The quantitative estimate of drug-likeness (QED) is 0.628. The third kappa shape index (κ3) is 4.80. The van der Waals surface area contributed by atoms with Crippen molar-refractivity contribution in [2.24, 2.45) is 0 Å². The molecule has 3 aromatic rings. The number of anilines is 3. The van der Waals surface area contributed by atoms with Gasteiger partial charge in [0.1, 0.15) is 5.82 Å². The Hall–Kier alpha value is -3.41. The summed E-state index contributed by atoms with van der Waals surface area (Å²) in [4.78, 5) is 20.4. The van der Waals surface area contributed by atoms with Crippen LogP contribution in [0.25, 0.3) is 0 Å². The first-order valence-electron chi connectivity index (χ1n) is 8.39. The number of aromatic nitrogens is 2. The van der Waals surface area contributed by atoms with E-state index < -0.39 is 0 Å². The van der Waals surface area contributed by atoms with Crippen LogP contribution in [0, 0.1) is 0 Å². The van der Waals surface area contributed by atoms with E-state index in [-0.39, 0.29) is 5.97 Å². The minimum Gasteiger partial charge on any atom is -0.462 e. The number of rotatable bonds is 7. The van der Waals surface area contributed by atoms with Crippen molar-refractivity contribution in [3.05, 3.63) is 78.0 Å². The molecule has 0 aliphatic carbocycles. The summed E-state index contributed by atoms with van der Waals surface area (Å²) in [6.45, 7) is 2.80. The molecule has 0 radical (unpaired) electrons. The summed E-state index contributed by atoms with van der Waals surface area (Å²) in [5.74, 6) is 0.884. The van der Waals surface area contributed by atoms with Gasteiger partial charge in [-0.1, -0.05) is 30.3 Å². The number of benzene rings is 2. The van der Waals surface area contributed by atoms with Crippen molar-refractivity contribution in [1.29, 1.82) is 0 Å². The Labute approximate surface area is 152 Å². The van der Waals surface area contributed by atoms with Gasteiger partial charge < -0.3 is 15.4 Å². The van der Waals surface area contributed by atoms with E-state index in [0.717, 1.165) is 11.3 Å². The monoisotopic (exact) mass is 348 g/mol. The highest BCUT2D eigenvalue weighted by molar-refractivity contribution is 5.89. The maximum Gasteiger partial charge on any atom is 0.338 e. The fourth-order valence-electron chi connectivity index (χ4n) is 2.34. The van der Waals surface area contributed by atoms with Gasteiger partial charge in [0.05, 0.1) is 12.2 Å². The number of carbonyl (C=O) groups is 1. The average Bonchev–Trinajstić information content (AvgIpc) is 2.68. The average molecular weight is 348 g/mol. The number of hydrogen-bond acceptors (Lipinski definition) is 6. The normalized spacial score (nSPS) is 10.2. The molecule has 0 bridgehead atoms. The van der Waals surface area contributed by atoms with Crippen LogP contribution in [0.2, 0.25) is 0 Å². The van der Waals surface area contributed by atoms with Crippen LogP contribution in [-0.2, 0) is 11.3 Å². The molecule has 0 atom stereocenters. The molecule has 0 saturated carbocycles. The van der Waals surface area contributed by atoms with Gasteiger partial charge in [-0.3, -0.25) is 0 Å². The number of esters is 1. The lowest BCUT2D eigenvalue weighted by Gasteiger charge is -2.09. The molecule has 26 heavy (non-hydrogen) atoms. The fraction of sp³-hybridized carbons (Fsp3) is 0.150. The van der Waals surface area contributed by atoms with Gasteiger partial charge in [-0.05, 0) is 42.8 Å². The topological polar surface area (TPSA) is 76.1 Å². The van der Waals surface area contributed by atoms with Crippen molar-refractivity contribution in [3.8, 4) is 0 Å². The molecule has 1 aromatic heterocycles. The highest BCUT2D eigenvalue weighted by atomic mass is 16.5. The Morgan fingerprint density at radius 2 is 1.81 bits per heavy atom. The SMILES string of the molecule is CCOC(=O)c1ccc(Nc2ccnc(NCc3ccccc3)n2)cc1. The molecule has 0 saturated heterocycles. The van der Waals surface area contributed by atoms with Crippen LogP contribution < -0.4 is 10.6 Å². The van der Waals surface area contributed by atoms with Crippen LogP contribution >= 0.6 is 0 Å². The van der Waals surface area contributed by atoms with Gasteiger partial charge in [-0.2, -0.15) is 4.98 Å². The molecule has 1 heterocycles. The molecular formula is C20H20N4O2. The van der Waals surface area contributed by atoms with E-state index in [4.69, 9.17) is 4.74 Å². The molecule has 0 aliphatic rings. The number of hydrogen-bond donors (Lipinski definition) is 2. The molecule has 2 N–H and O–H groups in total. The summed E-state index contributed by atoms with van der Waals surface area (Å²) in [6, 6.07) is 18.9. The standard InChI is InChI=1S/C20H20N4O2/c1-2-26-19(25)16-8-10-17(11-9-16)23-18-12-13-21-20(24-18)22-14-15-6-4-3-5-7-15/h3-13H,2,14H2,1H3,(H2,21,22,23,24). The highest BCUT2D eigenvalue weighted by Gasteiger charge is 2.06. The second-order valence-electron chi connectivity index (χ2n) is 5.53. The van der Waals surface area contributed by atoms with Crippen molar-refractivity contribution >= 4 is 23.4 Å².